The van der Waals surface area contributed by atoms with Crippen LogP contribution in [0.25, 0.3) is 0 Å². The van der Waals surface area contributed by atoms with Crippen LogP contribution in [0.1, 0.15) is 25.5 Å². The number of benzene rings is 2. The predicted molar refractivity (Wildman–Crippen MR) is 87.1 cm³/mol. The molecule has 126 valence electrons. The van der Waals surface area contributed by atoms with Crippen LogP contribution in [0.5, 0.6) is 11.5 Å². The van der Waals surface area contributed by atoms with Crippen LogP contribution in [-0.2, 0) is 0 Å². The Morgan fingerprint density at radius 3 is 2.22 bits per heavy atom. The second-order valence-electron chi connectivity index (χ2n) is 5.52. The number of hydrogen-bond acceptors (Lipinski definition) is 4. The van der Waals surface area contributed by atoms with Crippen molar-refractivity contribution in [1.29, 1.82) is 0 Å². The zero-order valence-electron chi connectivity index (χ0n) is 13.3. The summed E-state index contributed by atoms with van der Waals surface area (Å²) >= 11 is 0. The van der Waals surface area contributed by atoms with Gasteiger partial charge >= 0.3 is 0 Å². The van der Waals surface area contributed by atoms with Gasteiger partial charge in [-0.05, 0) is 43.7 Å². The van der Waals surface area contributed by atoms with Gasteiger partial charge in [0, 0.05) is 12.1 Å². The third kappa shape index (κ3) is 6.10. The summed E-state index contributed by atoms with van der Waals surface area (Å²) in [6.45, 7) is 4.47. The SMILES string of the molecule is CC(COc1ccccc1)NC(C)C(O)c1ccc(O)cc1.[Cl-]. The van der Waals surface area contributed by atoms with E-state index in [0.717, 1.165) is 11.3 Å². The molecule has 2 aromatic carbocycles. The van der Waals surface area contributed by atoms with Gasteiger partial charge in [0.2, 0.25) is 0 Å². The maximum absolute atomic E-state index is 10.3. The number of para-hydroxylation sites is 1. The van der Waals surface area contributed by atoms with Crippen molar-refractivity contribution in [3.8, 4) is 11.5 Å². The van der Waals surface area contributed by atoms with E-state index in [9.17, 15) is 10.2 Å². The monoisotopic (exact) mass is 336 g/mol. The molecule has 0 amide bonds. The Labute approximate surface area is 143 Å². The fourth-order valence-electron chi connectivity index (χ4n) is 2.29. The Morgan fingerprint density at radius 2 is 1.61 bits per heavy atom. The van der Waals surface area contributed by atoms with Gasteiger partial charge in [-0.25, -0.2) is 0 Å². The lowest BCUT2D eigenvalue weighted by Gasteiger charge is -2.25. The summed E-state index contributed by atoms with van der Waals surface area (Å²) in [5, 5.41) is 22.9. The highest BCUT2D eigenvalue weighted by Gasteiger charge is 2.18. The Balaban J connectivity index is 0.00000264. The third-order valence-electron chi connectivity index (χ3n) is 3.50. The van der Waals surface area contributed by atoms with Crippen LogP contribution < -0.4 is 22.5 Å². The van der Waals surface area contributed by atoms with Crippen molar-refractivity contribution in [1.82, 2.24) is 5.32 Å². The zero-order chi connectivity index (χ0) is 15.9. The number of ether oxygens (including phenoxy) is 1. The van der Waals surface area contributed by atoms with E-state index in [1.54, 1.807) is 24.3 Å². The Hall–Kier alpha value is -1.75. The first-order chi connectivity index (χ1) is 10.6. The van der Waals surface area contributed by atoms with Crippen LogP contribution in [0.4, 0.5) is 0 Å². The molecule has 23 heavy (non-hydrogen) atoms. The fraction of sp³-hybridized carbons (Fsp3) is 0.333. The van der Waals surface area contributed by atoms with Crippen LogP contribution in [0.15, 0.2) is 54.6 Å². The van der Waals surface area contributed by atoms with E-state index < -0.39 is 6.10 Å². The van der Waals surface area contributed by atoms with Crippen LogP contribution in [0.3, 0.4) is 0 Å². The van der Waals surface area contributed by atoms with Crippen LogP contribution >= 0.6 is 0 Å². The maximum Gasteiger partial charge on any atom is 0.119 e. The molecular weight excluding hydrogens is 314 g/mol. The smallest absolute Gasteiger partial charge is 0.119 e. The van der Waals surface area contributed by atoms with Crippen LogP contribution in [0.2, 0.25) is 0 Å². The minimum absolute atomic E-state index is 0. The first-order valence-corrected chi connectivity index (χ1v) is 7.47. The van der Waals surface area contributed by atoms with Crippen molar-refractivity contribution in [2.75, 3.05) is 6.61 Å². The molecule has 0 bridgehead atoms. The van der Waals surface area contributed by atoms with Crippen LogP contribution in [0, 0.1) is 0 Å². The summed E-state index contributed by atoms with van der Waals surface area (Å²) in [7, 11) is 0. The zero-order valence-corrected chi connectivity index (χ0v) is 14.1. The van der Waals surface area contributed by atoms with E-state index in [0.29, 0.717) is 6.61 Å². The standard InChI is InChI=1S/C18H23NO3.ClH/c1-13(12-22-17-6-4-3-5-7-17)19-14(2)18(21)15-8-10-16(20)11-9-15;/h3-11,13-14,18-21H,12H2,1-2H3;1H/p-1. The van der Waals surface area contributed by atoms with Gasteiger partial charge in [-0.1, -0.05) is 30.3 Å². The molecule has 0 saturated heterocycles. The summed E-state index contributed by atoms with van der Waals surface area (Å²) in [5.41, 5.74) is 0.772. The summed E-state index contributed by atoms with van der Waals surface area (Å²) in [6.07, 6.45) is -0.639. The quantitative estimate of drug-likeness (QED) is 0.659. The first-order valence-electron chi connectivity index (χ1n) is 7.47. The van der Waals surface area contributed by atoms with Gasteiger partial charge in [0.25, 0.3) is 0 Å². The highest BCUT2D eigenvalue weighted by atomic mass is 35.5. The molecule has 3 atom stereocenters. The highest BCUT2D eigenvalue weighted by molar-refractivity contribution is 5.28. The number of nitrogens with one attached hydrogen (secondary N) is 1. The molecule has 3 N–H and O–H groups in total. The average molecular weight is 337 g/mol. The van der Waals surface area contributed by atoms with E-state index in [4.69, 9.17) is 4.74 Å². The minimum atomic E-state index is -0.639. The lowest BCUT2D eigenvalue weighted by atomic mass is 10.0. The molecule has 0 aliphatic rings. The molecule has 2 aromatic rings. The number of aliphatic hydroxyl groups is 1. The summed E-state index contributed by atoms with van der Waals surface area (Å²) in [6, 6.07) is 16.2. The number of rotatable bonds is 7. The van der Waals surface area contributed by atoms with Gasteiger partial charge < -0.3 is 32.7 Å². The summed E-state index contributed by atoms with van der Waals surface area (Å²) in [5.74, 6) is 1.03. The number of aromatic hydroxyl groups is 1. The maximum atomic E-state index is 10.3. The lowest BCUT2D eigenvalue weighted by Crippen LogP contribution is -3.00. The van der Waals surface area contributed by atoms with Gasteiger partial charge in [-0.2, -0.15) is 0 Å². The molecule has 0 aliphatic heterocycles. The molecule has 0 heterocycles. The molecule has 0 saturated carbocycles. The van der Waals surface area contributed by atoms with Gasteiger partial charge in [-0.15, -0.1) is 0 Å². The largest absolute Gasteiger partial charge is 1.00 e. The van der Waals surface area contributed by atoms with Crippen molar-refractivity contribution in [2.24, 2.45) is 0 Å². The molecule has 4 nitrogen and oxygen atoms in total. The fourth-order valence-corrected chi connectivity index (χ4v) is 2.29. The summed E-state index contributed by atoms with van der Waals surface area (Å²) in [4.78, 5) is 0. The van der Waals surface area contributed by atoms with Crippen molar-refractivity contribution in [2.45, 2.75) is 32.0 Å². The van der Waals surface area contributed by atoms with E-state index in [-0.39, 0.29) is 30.2 Å². The molecule has 0 aliphatic carbocycles. The second kappa shape index (κ2) is 9.40. The van der Waals surface area contributed by atoms with Gasteiger partial charge in [0.05, 0.1) is 6.10 Å². The molecule has 2 rings (SSSR count). The van der Waals surface area contributed by atoms with Crippen LogP contribution in [-0.4, -0.2) is 28.9 Å². The number of phenolic OH excluding ortho intramolecular Hbond substituents is 1. The molecule has 0 radical (unpaired) electrons. The van der Waals surface area contributed by atoms with E-state index in [1.165, 1.54) is 0 Å². The van der Waals surface area contributed by atoms with Gasteiger partial charge in [0.1, 0.15) is 18.1 Å². The number of hydrogen-bond donors (Lipinski definition) is 3. The minimum Gasteiger partial charge on any atom is -1.00 e. The van der Waals surface area contributed by atoms with E-state index in [2.05, 4.69) is 5.32 Å². The third-order valence-corrected chi connectivity index (χ3v) is 3.50. The predicted octanol–water partition coefficient (Wildman–Crippen LogP) is -0.125. The molecule has 0 fully saturated rings. The second-order valence-corrected chi connectivity index (χ2v) is 5.52. The molecule has 0 spiro atoms. The van der Waals surface area contributed by atoms with E-state index in [1.807, 2.05) is 44.2 Å². The number of halogens is 1. The van der Waals surface area contributed by atoms with Gasteiger partial charge in [-0.3, -0.25) is 0 Å². The Kier molecular flexibility index (Phi) is 7.89. The van der Waals surface area contributed by atoms with Gasteiger partial charge in [0.15, 0.2) is 0 Å². The van der Waals surface area contributed by atoms with Crippen molar-refractivity contribution in [3.63, 3.8) is 0 Å². The molecular formula is C18H23ClNO3-. The topological polar surface area (TPSA) is 61.7 Å². The first kappa shape index (κ1) is 19.3. The Bertz CT molecular complexity index is 562. The van der Waals surface area contributed by atoms with Crippen molar-refractivity contribution >= 4 is 0 Å². The number of phenols is 1. The molecule has 5 heteroatoms. The average Bonchev–Trinajstić information content (AvgIpc) is 2.54. The highest BCUT2D eigenvalue weighted by Crippen LogP contribution is 2.20. The van der Waals surface area contributed by atoms with Crippen molar-refractivity contribution < 1.29 is 27.4 Å². The molecule has 0 aromatic heterocycles. The lowest BCUT2D eigenvalue weighted by molar-refractivity contribution is -0.00000748. The van der Waals surface area contributed by atoms with Crippen molar-refractivity contribution in [3.05, 3.63) is 60.2 Å². The Morgan fingerprint density at radius 1 is 1.00 bits per heavy atom. The van der Waals surface area contributed by atoms with E-state index >= 15 is 0 Å². The molecule has 3 unspecified atom stereocenters. The number of aliphatic hydroxyl groups excluding tert-OH is 1. The normalized spacial score (nSPS) is 14.4. The summed E-state index contributed by atoms with van der Waals surface area (Å²) < 4.78 is 5.69.